The molecule has 0 unspecified atom stereocenters. The Balaban J connectivity index is 3.06. The molecule has 1 aromatic rings. The molecule has 0 N–H and O–H groups in total. The van der Waals surface area contributed by atoms with E-state index in [0.29, 0.717) is 8.95 Å². The summed E-state index contributed by atoms with van der Waals surface area (Å²) in [5.74, 6) is -0.104. The molecule has 72 valence electrons. The van der Waals surface area contributed by atoms with E-state index in [4.69, 9.17) is 4.74 Å². The highest BCUT2D eigenvalue weighted by Gasteiger charge is 2.10. The van der Waals surface area contributed by atoms with E-state index in [1.54, 1.807) is 6.07 Å². The average molecular weight is 312 g/mol. The van der Waals surface area contributed by atoms with Gasteiger partial charge < -0.3 is 4.74 Å². The summed E-state index contributed by atoms with van der Waals surface area (Å²) in [4.78, 5) is 0. The smallest absolute Gasteiger partial charge is 0.169 e. The molecular formula is C9H9Br2FO. The van der Waals surface area contributed by atoms with Gasteiger partial charge in [-0.2, -0.15) is 0 Å². The Labute approximate surface area is 93.5 Å². The molecule has 0 heterocycles. The SMILES string of the molecule is CC(C)Oc1c(F)cc(Br)cc1Br. The van der Waals surface area contributed by atoms with Crippen LogP contribution >= 0.6 is 31.9 Å². The molecule has 13 heavy (non-hydrogen) atoms. The van der Waals surface area contributed by atoms with Gasteiger partial charge in [-0.1, -0.05) is 15.9 Å². The van der Waals surface area contributed by atoms with Crippen molar-refractivity contribution in [3.8, 4) is 5.75 Å². The van der Waals surface area contributed by atoms with Crippen LogP contribution in [0.4, 0.5) is 4.39 Å². The molecular weight excluding hydrogens is 303 g/mol. The summed E-state index contributed by atoms with van der Waals surface area (Å²) in [6.07, 6.45) is -0.0352. The maximum absolute atomic E-state index is 13.3. The lowest BCUT2D eigenvalue weighted by atomic mass is 10.3. The molecule has 0 saturated heterocycles. The van der Waals surface area contributed by atoms with Gasteiger partial charge in [0.15, 0.2) is 11.6 Å². The molecule has 0 fully saturated rings. The van der Waals surface area contributed by atoms with Crippen molar-refractivity contribution >= 4 is 31.9 Å². The van der Waals surface area contributed by atoms with E-state index in [9.17, 15) is 4.39 Å². The first-order chi connectivity index (χ1) is 6.00. The summed E-state index contributed by atoms with van der Waals surface area (Å²) in [5, 5.41) is 0. The molecule has 0 bridgehead atoms. The Morgan fingerprint density at radius 1 is 1.31 bits per heavy atom. The van der Waals surface area contributed by atoms with E-state index in [0.717, 1.165) is 0 Å². The fourth-order valence-corrected chi connectivity index (χ4v) is 2.14. The summed E-state index contributed by atoms with van der Waals surface area (Å²) in [7, 11) is 0. The van der Waals surface area contributed by atoms with Crippen LogP contribution in [-0.2, 0) is 0 Å². The molecule has 1 nitrogen and oxygen atoms in total. The monoisotopic (exact) mass is 310 g/mol. The lowest BCUT2D eigenvalue weighted by Gasteiger charge is -2.12. The maximum atomic E-state index is 13.3. The van der Waals surface area contributed by atoms with E-state index in [1.807, 2.05) is 13.8 Å². The second-order valence-corrected chi connectivity index (χ2v) is 4.64. The van der Waals surface area contributed by atoms with E-state index >= 15 is 0 Å². The number of halogens is 3. The van der Waals surface area contributed by atoms with Gasteiger partial charge in [-0.15, -0.1) is 0 Å². The van der Waals surface area contributed by atoms with Crippen LogP contribution in [0.15, 0.2) is 21.1 Å². The van der Waals surface area contributed by atoms with Crippen molar-refractivity contribution in [2.45, 2.75) is 20.0 Å². The number of rotatable bonds is 2. The quantitative estimate of drug-likeness (QED) is 0.797. The first-order valence-corrected chi connectivity index (χ1v) is 5.40. The molecule has 1 aromatic carbocycles. The fraction of sp³-hybridized carbons (Fsp3) is 0.333. The molecule has 0 aliphatic carbocycles. The van der Waals surface area contributed by atoms with Crippen molar-refractivity contribution in [2.24, 2.45) is 0 Å². The second kappa shape index (κ2) is 4.42. The lowest BCUT2D eigenvalue weighted by molar-refractivity contribution is 0.229. The van der Waals surface area contributed by atoms with Gasteiger partial charge in [-0.05, 0) is 41.9 Å². The zero-order valence-electron chi connectivity index (χ0n) is 7.27. The van der Waals surface area contributed by atoms with Crippen molar-refractivity contribution in [2.75, 3.05) is 0 Å². The third-order valence-corrected chi connectivity index (χ3v) is 2.36. The predicted octanol–water partition coefficient (Wildman–Crippen LogP) is 4.14. The van der Waals surface area contributed by atoms with Crippen LogP contribution in [-0.4, -0.2) is 6.10 Å². The van der Waals surface area contributed by atoms with Crippen molar-refractivity contribution in [1.29, 1.82) is 0 Å². The summed E-state index contributed by atoms with van der Waals surface area (Å²) in [5.41, 5.74) is 0. The Morgan fingerprint density at radius 3 is 2.38 bits per heavy atom. The number of hydrogen-bond acceptors (Lipinski definition) is 1. The maximum Gasteiger partial charge on any atom is 0.169 e. The highest BCUT2D eigenvalue weighted by molar-refractivity contribution is 9.11. The Kier molecular flexibility index (Phi) is 3.74. The molecule has 0 saturated carbocycles. The minimum absolute atomic E-state index is 0.0352. The van der Waals surface area contributed by atoms with Crippen LogP contribution in [0.3, 0.4) is 0 Å². The zero-order chi connectivity index (χ0) is 10.0. The number of benzene rings is 1. The van der Waals surface area contributed by atoms with Gasteiger partial charge >= 0.3 is 0 Å². The minimum Gasteiger partial charge on any atom is -0.487 e. The van der Waals surface area contributed by atoms with E-state index in [1.165, 1.54) is 6.07 Å². The van der Waals surface area contributed by atoms with Gasteiger partial charge in [0.2, 0.25) is 0 Å². The van der Waals surface area contributed by atoms with E-state index < -0.39 is 0 Å². The molecule has 0 amide bonds. The molecule has 1 rings (SSSR count). The molecule has 4 heteroatoms. The third-order valence-electron chi connectivity index (χ3n) is 1.32. The summed E-state index contributed by atoms with van der Waals surface area (Å²) < 4.78 is 19.9. The average Bonchev–Trinajstić information content (AvgIpc) is 1.96. The Morgan fingerprint density at radius 2 is 1.92 bits per heavy atom. The lowest BCUT2D eigenvalue weighted by Crippen LogP contribution is -2.07. The van der Waals surface area contributed by atoms with Crippen LogP contribution < -0.4 is 4.74 Å². The normalized spacial score (nSPS) is 10.6. The first-order valence-electron chi connectivity index (χ1n) is 3.82. The summed E-state index contributed by atoms with van der Waals surface area (Å²) >= 11 is 6.42. The first kappa shape index (κ1) is 11.0. The highest BCUT2D eigenvalue weighted by Crippen LogP contribution is 2.32. The molecule has 0 atom stereocenters. The van der Waals surface area contributed by atoms with Crippen molar-refractivity contribution in [3.63, 3.8) is 0 Å². The fourth-order valence-electron chi connectivity index (χ4n) is 0.877. The summed E-state index contributed by atoms with van der Waals surface area (Å²) in [6, 6.07) is 3.13. The zero-order valence-corrected chi connectivity index (χ0v) is 10.4. The van der Waals surface area contributed by atoms with Crippen molar-refractivity contribution in [3.05, 3.63) is 26.9 Å². The van der Waals surface area contributed by atoms with Gasteiger partial charge in [0.05, 0.1) is 10.6 Å². The van der Waals surface area contributed by atoms with Gasteiger partial charge in [0.25, 0.3) is 0 Å². The molecule has 0 aliphatic heterocycles. The van der Waals surface area contributed by atoms with Crippen molar-refractivity contribution in [1.82, 2.24) is 0 Å². The molecule has 0 aliphatic rings. The van der Waals surface area contributed by atoms with Crippen LogP contribution in [0.2, 0.25) is 0 Å². The van der Waals surface area contributed by atoms with Gasteiger partial charge in [-0.25, -0.2) is 4.39 Å². The highest BCUT2D eigenvalue weighted by atomic mass is 79.9. The van der Waals surface area contributed by atoms with Crippen LogP contribution in [0.5, 0.6) is 5.75 Å². The molecule has 0 spiro atoms. The number of ether oxygens (including phenoxy) is 1. The van der Waals surface area contributed by atoms with Crippen molar-refractivity contribution < 1.29 is 9.13 Å². The van der Waals surface area contributed by atoms with Crippen LogP contribution in [0.25, 0.3) is 0 Å². The molecule has 0 radical (unpaired) electrons. The van der Waals surface area contributed by atoms with Gasteiger partial charge in [-0.3, -0.25) is 0 Å². The predicted molar refractivity (Wildman–Crippen MR) is 57.6 cm³/mol. The Bertz CT molecular complexity index is 289. The van der Waals surface area contributed by atoms with Crippen LogP contribution in [0, 0.1) is 5.82 Å². The number of hydrogen-bond donors (Lipinski definition) is 0. The topological polar surface area (TPSA) is 9.23 Å². The summed E-state index contributed by atoms with van der Waals surface area (Å²) in [6.45, 7) is 3.71. The third kappa shape index (κ3) is 2.95. The van der Waals surface area contributed by atoms with Gasteiger partial charge in [0, 0.05) is 4.47 Å². The Hall–Kier alpha value is -0.0900. The minimum atomic E-state index is -0.366. The largest absolute Gasteiger partial charge is 0.487 e. The molecule has 0 aromatic heterocycles. The van der Waals surface area contributed by atoms with Crippen LogP contribution in [0.1, 0.15) is 13.8 Å². The standard InChI is InChI=1S/C9H9Br2FO/c1-5(2)13-9-7(11)3-6(10)4-8(9)12/h3-5H,1-2H3. The second-order valence-electron chi connectivity index (χ2n) is 2.87. The van der Waals surface area contributed by atoms with Gasteiger partial charge in [0.1, 0.15) is 0 Å². The van der Waals surface area contributed by atoms with E-state index in [-0.39, 0.29) is 17.7 Å². The van der Waals surface area contributed by atoms with E-state index in [2.05, 4.69) is 31.9 Å².